The summed E-state index contributed by atoms with van der Waals surface area (Å²) < 4.78 is 9.90. The number of carbonyl (C=O) groups is 2. The van der Waals surface area contributed by atoms with Crippen molar-refractivity contribution in [3.8, 4) is 0 Å². The summed E-state index contributed by atoms with van der Waals surface area (Å²) in [7, 11) is 0. The first-order valence-corrected chi connectivity index (χ1v) is 6.67. The fraction of sp³-hybridized carbons (Fsp3) is 0.200. The van der Waals surface area contributed by atoms with E-state index < -0.39 is 11.9 Å². The second-order valence-corrected chi connectivity index (χ2v) is 4.74. The van der Waals surface area contributed by atoms with Gasteiger partial charge in [-0.1, -0.05) is 29.8 Å². The lowest BCUT2D eigenvalue weighted by molar-refractivity contribution is -0.124. The van der Waals surface area contributed by atoms with Crippen LogP contribution in [0, 0.1) is 6.92 Å². The van der Waals surface area contributed by atoms with E-state index in [1.165, 1.54) is 12.3 Å². The molecule has 0 unspecified atom stereocenters. The third-order valence-corrected chi connectivity index (χ3v) is 3.22. The lowest BCUT2D eigenvalue weighted by atomic mass is 10.2. The average molecular weight is 308 g/mol. The minimum atomic E-state index is -0.589. The number of aryl methyl sites for hydroxylation is 1. The highest BCUT2D eigenvalue weighted by Crippen LogP contribution is 2.14. The molecule has 21 heavy (non-hydrogen) atoms. The van der Waals surface area contributed by atoms with E-state index in [1.807, 2.05) is 18.2 Å². The molecule has 2 aromatic rings. The van der Waals surface area contributed by atoms with Crippen LogP contribution in [0.15, 0.2) is 41.0 Å². The van der Waals surface area contributed by atoms with Crippen LogP contribution in [0.3, 0.4) is 0 Å². The van der Waals surface area contributed by atoms with Crippen molar-refractivity contribution < 1.29 is 18.7 Å². The van der Waals surface area contributed by atoms with Gasteiger partial charge in [-0.25, -0.2) is 4.79 Å². The maximum atomic E-state index is 11.7. The SMILES string of the molecule is Cc1occc1C(=O)OCC(=O)NCc1ccccc1Cl. The molecule has 0 spiro atoms. The van der Waals surface area contributed by atoms with Gasteiger partial charge in [-0.3, -0.25) is 4.79 Å². The van der Waals surface area contributed by atoms with Gasteiger partial charge in [0.05, 0.1) is 6.26 Å². The van der Waals surface area contributed by atoms with Gasteiger partial charge in [0, 0.05) is 11.6 Å². The van der Waals surface area contributed by atoms with Crippen LogP contribution in [0.25, 0.3) is 0 Å². The lowest BCUT2D eigenvalue weighted by Gasteiger charge is -2.07. The summed E-state index contributed by atoms with van der Waals surface area (Å²) in [5, 5.41) is 3.20. The van der Waals surface area contributed by atoms with Gasteiger partial charge in [0.15, 0.2) is 6.61 Å². The van der Waals surface area contributed by atoms with Gasteiger partial charge in [0.1, 0.15) is 11.3 Å². The predicted octanol–water partition coefficient (Wildman–Crippen LogP) is 2.71. The first kappa shape index (κ1) is 15.1. The van der Waals surface area contributed by atoms with E-state index in [0.717, 1.165) is 5.56 Å². The summed E-state index contributed by atoms with van der Waals surface area (Å²) in [6.45, 7) is 1.57. The van der Waals surface area contributed by atoms with Gasteiger partial charge >= 0.3 is 5.97 Å². The van der Waals surface area contributed by atoms with Crippen molar-refractivity contribution in [3.05, 3.63) is 58.5 Å². The van der Waals surface area contributed by atoms with Gasteiger partial charge in [-0.2, -0.15) is 0 Å². The van der Waals surface area contributed by atoms with Crippen molar-refractivity contribution in [3.63, 3.8) is 0 Å². The molecule has 1 aromatic heterocycles. The summed E-state index contributed by atoms with van der Waals surface area (Å²) >= 11 is 5.97. The fourth-order valence-corrected chi connectivity index (χ4v) is 1.89. The molecule has 1 amide bonds. The molecule has 110 valence electrons. The Morgan fingerprint density at radius 2 is 2.05 bits per heavy atom. The number of nitrogens with one attached hydrogen (secondary N) is 1. The monoisotopic (exact) mass is 307 g/mol. The van der Waals surface area contributed by atoms with E-state index in [4.69, 9.17) is 20.8 Å². The van der Waals surface area contributed by atoms with Crippen LogP contribution >= 0.6 is 11.6 Å². The topological polar surface area (TPSA) is 68.5 Å². The van der Waals surface area contributed by atoms with Crippen LogP contribution in [0.4, 0.5) is 0 Å². The highest BCUT2D eigenvalue weighted by molar-refractivity contribution is 6.31. The Bertz CT molecular complexity index is 651. The van der Waals surface area contributed by atoms with Gasteiger partial charge in [-0.05, 0) is 24.6 Å². The lowest BCUT2D eigenvalue weighted by Crippen LogP contribution is -2.28. The number of furan rings is 1. The molecule has 0 fully saturated rings. The van der Waals surface area contributed by atoms with Crippen molar-refractivity contribution in [2.75, 3.05) is 6.61 Å². The minimum Gasteiger partial charge on any atom is -0.469 e. The van der Waals surface area contributed by atoms with Crippen LogP contribution in [0.2, 0.25) is 5.02 Å². The maximum Gasteiger partial charge on any atom is 0.342 e. The standard InChI is InChI=1S/C15H14ClNO4/c1-10-12(6-7-20-10)15(19)21-9-14(18)17-8-11-4-2-3-5-13(11)16/h2-7H,8-9H2,1H3,(H,17,18). The fourth-order valence-electron chi connectivity index (χ4n) is 1.69. The molecule has 0 aliphatic carbocycles. The van der Waals surface area contributed by atoms with Gasteiger partial charge in [0.25, 0.3) is 5.91 Å². The van der Waals surface area contributed by atoms with Gasteiger partial charge in [-0.15, -0.1) is 0 Å². The number of amides is 1. The molecule has 0 aliphatic rings. The molecule has 0 saturated carbocycles. The van der Waals surface area contributed by atoms with E-state index >= 15 is 0 Å². The Morgan fingerprint density at radius 1 is 1.29 bits per heavy atom. The second kappa shape index (κ2) is 6.95. The number of hydrogen-bond acceptors (Lipinski definition) is 4. The van der Waals surface area contributed by atoms with Crippen molar-refractivity contribution in [2.24, 2.45) is 0 Å². The van der Waals surface area contributed by atoms with Crippen LogP contribution in [-0.4, -0.2) is 18.5 Å². The molecular formula is C15H14ClNO4. The Kier molecular flexibility index (Phi) is 5.00. The van der Waals surface area contributed by atoms with Crippen molar-refractivity contribution >= 4 is 23.5 Å². The Hall–Kier alpha value is -2.27. The van der Waals surface area contributed by atoms with Gasteiger partial charge in [0.2, 0.25) is 0 Å². The van der Waals surface area contributed by atoms with E-state index in [-0.39, 0.29) is 13.2 Å². The van der Waals surface area contributed by atoms with E-state index in [2.05, 4.69) is 5.32 Å². The Morgan fingerprint density at radius 3 is 2.71 bits per heavy atom. The summed E-state index contributed by atoms with van der Waals surface area (Å²) in [4.78, 5) is 23.3. The highest BCUT2D eigenvalue weighted by atomic mass is 35.5. The molecule has 1 heterocycles. The normalized spacial score (nSPS) is 10.2. The molecule has 0 aliphatic heterocycles. The van der Waals surface area contributed by atoms with Crippen molar-refractivity contribution in [1.82, 2.24) is 5.32 Å². The van der Waals surface area contributed by atoms with Crippen LogP contribution in [-0.2, 0) is 16.1 Å². The molecule has 0 bridgehead atoms. The van der Waals surface area contributed by atoms with Crippen LogP contribution in [0.1, 0.15) is 21.7 Å². The summed E-state index contributed by atoms with van der Waals surface area (Å²) in [6.07, 6.45) is 1.39. The Balaban J connectivity index is 1.79. The van der Waals surface area contributed by atoms with Crippen molar-refractivity contribution in [1.29, 1.82) is 0 Å². The maximum absolute atomic E-state index is 11.7. The zero-order chi connectivity index (χ0) is 15.2. The van der Waals surface area contributed by atoms with Crippen LogP contribution < -0.4 is 5.32 Å². The molecular weight excluding hydrogens is 294 g/mol. The first-order chi connectivity index (χ1) is 10.1. The molecule has 1 aromatic carbocycles. The average Bonchev–Trinajstić information content (AvgIpc) is 2.90. The number of ether oxygens (including phenoxy) is 1. The first-order valence-electron chi connectivity index (χ1n) is 6.29. The number of carbonyl (C=O) groups excluding carboxylic acids is 2. The zero-order valence-corrected chi connectivity index (χ0v) is 12.1. The third-order valence-electron chi connectivity index (χ3n) is 2.85. The smallest absolute Gasteiger partial charge is 0.342 e. The number of halogens is 1. The van der Waals surface area contributed by atoms with E-state index in [9.17, 15) is 9.59 Å². The highest BCUT2D eigenvalue weighted by Gasteiger charge is 2.14. The number of rotatable bonds is 5. The Labute approximate surface area is 126 Å². The molecule has 0 radical (unpaired) electrons. The molecule has 6 heteroatoms. The number of esters is 1. The second-order valence-electron chi connectivity index (χ2n) is 4.33. The van der Waals surface area contributed by atoms with Crippen LogP contribution in [0.5, 0.6) is 0 Å². The third kappa shape index (κ3) is 4.10. The summed E-state index contributed by atoms with van der Waals surface area (Å²) in [5.41, 5.74) is 1.11. The molecule has 0 atom stereocenters. The minimum absolute atomic E-state index is 0.279. The zero-order valence-electron chi connectivity index (χ0n) is 11.4. The molecule has 2 rings (SSSR count). The van der Waals surface area contributed by atoms with E-state index in [0.29, 0.717) is 16.3 Å². The quantitative estimate of drug-likeness (QED) is 0.862. The number of hydrogen-bond donors (Lipinski definition) is 1. The summed E-state index contributed by atoms with van der Waals surface area (Å²) in [6, 6.07) is 8.69. The van der Waals surface area contributed by atoms with Crippen molar-refractivity contribution in [2.45, 2.75) is 13.5 Å². The summed E-state index contributed by atoms with van der Waals surface area (Å²) in [5.74, 6) is -0.532. The van der Waals surface area contributed by atoms with E-state index in [1.54, 1.807) is 13.0 Å². The predicted molar refractivity (Wildman–Crippen MR) is 77.0 cm³/mol. The molecule has 1 N–H and O–H groups in total. The number of benzene rings is 1. The van der Waals surface area contributed by atoms with Gasteiger partial charge < -0.3 is 14.5 Å². The molecule has 0 saturated heterocycles. The largest absolute Gasteiger partial charge is 0.469 e. The molecule has 5 nitrogen and oxygen atoms in total.